The molecule has 0 bridgehead atoms. The number of nitrogens with one attached hydrogen (secondary N) is 2. The molecule has 5 heteroatoms. The van der Waals surface area contributed by atoms with E-state index < -0.39 is 0 Å². The molecule has 1 aromatic carbocycles. The molecule has 1 aliphatic rings. The maximum atomic E-state index is 12.1. The Balaban J connectivity index is 2.02. The van der Waals surface area contributed by atoms with Gasteiger partial charge in [-0.3, -0.25) is 4.79 Å². The van der Waals surface area contributed by atoms with Gasteiger partial charge in [-0.2, -0.15) is 0 Å². The van der Waals surface area contributed by atoms with Crippen molar-refractivity contribution >= 4 is 33.4 Å². The van der Waals surface area contributed by atoms with Gasteiger partial charge in [0.15, 0.2) is 0 Å². The minimum atomic E-state index is -0.0581. The standard InChI is InChI=1S/C13H16BrClN2O/c1-8-4-12(2-3-16-8)17-13(18)9-5-10(14)7-11(15)6-9/h5-8,12,16H,2-4H2,1H3,(H,17,18). The van der Waals surface area contributed by atoms with Gasteiger partial charge < -0.3 is 10.6 Å². The van der Waals surface area contributed by atoms with E-state index in [9.17, 15) is 4.79 Å². The van der Waals surface area contributed by atoms with Gasteiger partial charge in [0.1, 0.15) is 0 Å². The molecule has 2 rings (SSSR count). The monoisotopic (exact) mass is 330 g/mol. The van der Waals surface area contributed by atoms with Crippen molar-refractivity contribution in [3.05, 3.63) is 33.3 Å². The molecule has 3 nitrogen and oxygen atoms in total. The first-order valence-corrected chi connectivity index (χ1v) is 7.22. The predicted octanol–water partition coefficient (Wildman–Crippen LogP) is 2.97. The molecular formula is C13H16BrClN2O. The summed E-state index contributed by atoms with van der Waals surface area (Å²) >= 11 is 9.28. The summed E-state index contributed by atoms with van der Waals surface area (Å²) in [5, 5.41) is 6.99. The van der Waals surface area contributed by atoms with Crippen LogP contribution < -0.4 is 10.6 Å². The number of hydrogen-bond donors (Lipinski definition) is 2. The molecular weight excluding hydrogens is 316 g/mol. The van der Waals surface area contributed by atoms with Gasteiger partial charge in [-0.25, -0.2) is 0 Å². The summed E-state index contributed by atoms with van der Waals surface area (Å²) in [6, 6.07) is 5.93. The summed E-state index contributed by atoms with van der Waals surface area (Å²) in [7, 11) is 0. The van der Waals surface area contributed by atoms with Crippen LogP contribution in [0.25, 0.3) is 0 Å². The van der Waals surface area contributed by atoms with E-state index in [1.54, 1.807) is 18.2 Å². The molecule has 0 radical (unpaired) electrons. The first kappa shape index (κ1) is 13.8. The lowest BCUT2D eigenvalue weighted by atomic mass is 10.0. The lowest BCUT2D eigenvalue weighted by Crippen LogP contribution is -2.46. The van der Waals surface area contributed by atoms with E-state index in [1.165, 1.54) is 0 Å². The lowest BCUT2D eigenvalue weighted by molar-refractivity contribution is 0.0925. The Morgan fingerprint density at radius 2 is 2.28 bits per heavy atom. The first-order chi connectivity index (χ1) is 8.54. The maximum absolute atomic E-state index is 12.1. The molecule has 2 N–H and O–H groups in total. The van der Waals surface area contributed by atoms with Crippen LogP contribution in [0.4, 0.5) is 0 Å². The van der Waals surface area contributed by atoms with Crippen LogP contribution >= 0.6 is 27.5 Å². The SMILES string of the molecule is CC1CC(NC(=O)c2cc(Cl)cc(Br)c2)CCN1. The van der Waals surface area contributed by atoms with Gasteiger partial charge in [0.05, 0.1) is 0 Å². The summed E-state index contributed by atoms with van der Waals surface area (Å²) in [4.78, 5) is 12.1. The Morgan fingerprint density at radius 3 is 2.94 bits per heavy atom. The van der Waals surface area contributed by atoms with E-state index in [2.05, 4.69) is 33.5 Å². The Labute approximate surface area is 120 Å². The summed E-state index contributed by atoms with van der Waals surface area (Å²) in [6.07, 6.45) is 1.94. The molecule has 1 amide bonds. The van der Waals surface area contributed by atoms with Gasteiger partial charge in [-0.15, -0.1) is 0 Å². The molecule has 98 valence electrons. The summed E-state index contributed by atoms with van der Waals surface area (Å²) in [6.45, 7) is 3.08. The van der Waals surface area contributed by atoms with Crippen LogP contribution in [-0.2, 0) is 0 Å². The number of amides is 1. The second kappa shape index (κ2) is 6.04. The van der Waals surface area contributed by atoms with Crippen molar-refractivity contribution in [2.45, 2.75) is 31.8 Å². The van der Waals surface area contributed by atoms with Crippen LogP contribution in [0.1, 0.15) is 30.1 Å². The summed E-state index contributed by atoms with van der Waals surface area (Å²) < 4.78 is 0.818. The smallest absolute Gasteiger partial charge is 0.251 e. The quantitative estimate of drug-likeness (QED) is 0.875. The molecule has 0 aromatic heterocycles. The highest BCUT2D eigenvalue weighted by molar-refractivity contribution is 9.10. The van der Waals surface area contributed by atoms with Crippen LogP contribution in [-0.4, -0.2) is 24.5 Å². The van der Waals surface area contributed by atoms with E-state index >= 15 is 0 Å². The van der Waals surface area contributed by atoms with Gasteiger partial charge in [0.2, 0.25) is 0 Å². The van der Waals surface area contributed by atoms with Crippen LogP contribution in [0.2, 0.25) is 5.02 Å². The Morgan fingerprint density at radius 1 is 1.50 bits per heavy atom. The molecule has 2 unspecified atom stereocenters. The predicted molar refractivity (Wildman–Crippen MR) is 77.1 cm³/mol. The van der Waals surface area contributed by atoms with Crippen molar-refractivity contribution in [3.8, 4) is 0 Å². The number of piperidine rings is 1. The van der Waals surface area contributed by atoms with E-state index in [4.69, 9.17) is 11.6 Å². The largest absolute Gasteiger partial charge is 0.349 e. The first-order valence-electron chi connectivity index (χ1n) is 6.05. The third kappa shape index (κ3) is 3.70. The van der Waals surface area contributed by atoms with E-state index in [0.29, 0.717) is 16.6 Å². The van der Waals surface area contributed by atoms with Crippen molar-refractivity contribution < 1.29 is 4.79 Å². The number of carbonyl (C=O) groups excluding carboxylic acids is 1. The molecule has 0 saturated carbocycles. The highest BCUT2D eigenvalue weighted by Crippen LogP contribution is 2.20. The Bertz CT molecular complexity index is 432. The summed E-state index contributed by atoms with van der Waals surface area (Å²) in [5.74, 6) is -0.0581. The minimum absolute atomic E-state index is 0.0581. The van der Waals surface area contributed by atoms with E-state index in [1.807, 2.05) is 0 Å². The zero-order chi connectivity index (χ0) is 13.1. The number of benzene rings is 1. The normalized spacial score (nSPS) is 23.7. The topological polar surface area (TPSA) is 41.1 Å². The average molecular weight is 332 g/mol. The molecule has 1 saturated heterocycles. The average Bonchev–Trinajstić information content (AvgIpc) is 2.27. The molecule has 1 aromatic rings. The fraction of sp³-hybridized carbons (Fsp3) is 0.462. The molecule has 1 heterocycles. The van der Waals surface area contributed by atoms with Crippen molar-refractivity contribution in [3.63, 3.8) is 0 Å². The third-order valence-corrected chi connectivity index (χ3v) is 3.76. The maximum Gasteiger partial charge on any atom is 0.251 e. The Hall–Kier alpha value is -0.580. The molecule has 1 aliphatic heterocycles. The zero-order valence-corrected chi connectivity index (χ0v) is 12.5. The molecule has 18 heavy (non-hydrogen) atoms. The van der Waals surface area contributed by atoms with Crippen LogP contribution in [0.5, 0.6) is 0 Å². The minimum Gasteiger partial charge on any atom is -0.349 e. The van der Waals surface area contributed by atoms with Crippen molar-refractivity contribution in [2.75, 3.05) is 6.54 Å². The summed E-state index contributed by atoms with van der Waals surface area (Å²) in [5.41, 5.74) is 0.598. The molecule has 2 atom stereocenters. The highest BCUT2D eigenvalue weighted by Gasteiger charge is 2.20. The number of halogens is 2. The van der Waals surface area contributed by atoms with Gasteiger partial charge in [-0.1, -0.05) is 27.5 Å². The number of rotatable bonds is 2. The fourth-order valence-corrected chi connectivity index (χ4v) is 3.08. The molecule has 0 spiro atoms. The fourth-order valence-electron chi connectivity index (χ4n) is 2.22. The number of carbonyl (C=O) groups is 1. The second-order valence-electron chi connectivity index (χ2n) is 4.71. The van der Waals surface area contributed by atoms with Gasteiger partial charge >= 0.3 is 0 Å². The van der Waals surface area contributed by atoms with Crippen LogP contribution in [0.3, 0.4) is 0 Å². The van der Waals surface area contributed by atoms with Gasteiger partial charge in [0, 0.05) is 27.1 Å². The zero-order valence-electron chi connectivity index (χ0n) is 10.2. The number of hydrogen-bond acceptors (Lipinski definition) is 2. The molecule has 1 fully saturated rings. The van der Waals surface area contributed by atoms with Crippen molar-refractivity contribution in [2.24, 2.45) is 0 Å². The van der Waals surface area contributed by atoms with E-state index in [0.717, 1.165) is 23.9 Å². The van der Waals surface area contributed by atoms with Gasteiger partial charge in [0.25, 0.3) is 5.91 Å². The van der Waals surface area contributed by atoms with E-state index in [-0.39, 0.29) is 11.9 Å². The Kier molecular flexibility index (Phi) is 4.65. The lowest BCUT2D eigenvalue weighted by Gasteiger charge is -2.28. The second-order valence-corrected chi connectivity index (χ2v) is 6.06. The van der Waals surface area contributed by atoms with Crippen molar-refractivity contribution in [1.82, 2.24) is 10.6 Å². The molecule has 0 aliphatic carbocycles. The highest BCUT2D eigenvalue weighted by atomic mass is 79.9. The van der Waals surface area contributed by atoms with Gasteiger partial charge in [-0.05, 0) is 44.5 Å². The van der Waals surface area contributed by atoms with Crippen molar-refractivity contribution in [1.29, 1.82) is 0 Å². The van der Waals surface area contributed by atoms with Crippen LogP contribution in [0.15, 0.2) is 22.7 Å². The third-order valence-electron chi connectivity index (χ3n) is 3.08. The van der Waals surface area contributed by atoms with Crippen LogP contribution in [0, 0.1) is 0 Å².